The lowest BCUT2D eigenvalue weighted by atomic mass is 10.0. The standard InChI is InChI=1S/C13H18ClN3O/c1-16-13(18)12-4-2-3-7-17(12)11-6-5-9(15)8-10(11)14/h5-6,8,12H,2-4,7,15H2,1H3,(H,16,18). The van der Waals surface area contributed by atoms with Crippen molar-refractivity contribution in [2.75, 3.05) is 24.2 Å². The van der Waals surface area contributed by atoms with Gasteiger partial charge in [-0.25, -0.2) is 0 Å². The normalized spacial score (nSPS) is 19.7. The van der Waals surface area contributed by atoms with Gasteiger partial charge in [-0.1, -0.05) is 11.6 Å². The first-order valence-electron chi connectivity index (χ1n) is 6.16. The van der Waals surface area contributed by atoms with Crippen molar-refractivity contribution < 1.29 is 4.79 Å². The second-order valence-electron chi connectivity index (χ2n) is 4.53. The first-order valence-corrected chi connectivity index (χ1v) is 6.54. The van der Waals surface area contributed by atoms with Crippen LogP contribution >= 0.6 is 11.6 Å². The van der Waals surface area contributed by atoms with Crippen LogP contribution in [0, 0.1) is 0 Å². The Morgan fingerprint density at radius 1 is 1.50 bits per heavy atom. The van der Waals surface area contributed by atoms with E-state index in [1.807, 2.05) is 12.1 Å². The summed E-state index contributed by atoms with van der Waals surface area (Å²) in [5, 5.41) is 3.32. The number of nitrogens with one attached hydrogen (secondary N) is 1. The minimum absolute atomic E-state index is 0.0441. The molecule has 1 aromatic carbocycles. The van der Waals surface area contributed by atoms with Crippen LogP contribution in [0.15, 0.2) is 18.2 Å². The highest BCUT2D eigenvalue weighted by Gasteiger charge is 2.29. The fourth-order valence-corrected chi connectivity index (χ4v) is 2.71. The van der Waals surface area contributed by atoms with Gasteiger partial charge in [-0.2, -0.15) is 0 Å². The molecule has 5 heteroatoms. The van der Waals surface area contributed by atoms with Crippen LogP contribution in [-0.4, -0.2) is 25.5 Å². The van der Waals surface area contributed by atoms with E-state index in [2.05, 4.69) is 10.2 Å². The van der Waals surface area contributed by atoms with Gasteiger partial charge in [0.25, 0.3) is 0 Å². The van der Waals surface area contributed by atoms with Crippen LogP contribution in [0.2, 0.25) is 5.02 Å². The van der Waals surface area contributed by atoms with Crippen LogP contribution in [0.1, 0.15) is 19.3 Å². The highest BCUT2D eigenvalue weighted by atomic mass is 35.5. The second-order valence-corrected chi connectivity index (χ2v) is 4.94. The average Bonchev–Trinajstić information content (AvgIpc) is 2.38. The topological polar surface area (TPSA) is 58.4 Å². The zero-order valence-electron chi connectivity index (χ0n) is 10.4. The lowest BCUT2D eigenvalue weighted by molar-refractivity contribution is -0.122. The summed E-state index contributed by atoms with van der Waals surface area (Å²) in [5.74, 6) is 0.0441. The van der Waals surface area contributed by atoms with Gasteiger partial charge in [-0.15, -0.1) is 0 Å². The zero-order chi connectivity index (χ0) is 13.1. The van der Waals surface area contributed by atoms with E-state index in [1.165, 1.54) is 0 Å². The van der Waals surface area contributed by atoms with E-state index in [1.54, 1.807) is 13.1 Å². The van der Waals surface area contributed by atoms with Crippen molar-refractivity contribution in [2.24, 2.45) is 0 Å². The third kappa shape index (κ3) is 2.53. The molecule has 1 aliphatic rings. The molecule has 0 radical (unpaired) electrons. The van der Waals surface area contributed by atoms with Gasteiger partial charge in [-0.05, 0) is 37.5 Å². The van der Waals surface area contributed by atoms with Crippen molar-refractivity contribution in [1.82, 2.24) is 5.32 Å². The Kier molecular flexibility index (Phi) is 3.97. The Bertz CT molecular complexity index is 450. The second kappa shape index (κ2) is 5.48. The average molecular weight is 268 g/mol. The summed E-state index contributed by atoms with van der Waals surface area (Å²) in [7, 11) is 1.67. The highest BCUT2D eigenvalue weighted by Crippen LogP contribution is 2.32. The SMILES string of the molecule is CNC(=O)C1CCCCN1c1ccc(N)cc1Cl. The molecule has 18 heavy (non-hydrogen) atoms. The molecule has 98 valence electrons. The molecule has 1 fully saturated rings. The number of hydrogen-bond acceptors (Lipinski definition) is 3. The predicted octanol–water partition coefficient (Wildman–Crippen LogP) is 2.03. The maximum atomic E-state index is 11.9. The predicted molar refractivity (Wildman–Crippen MR) is 74.9 cm³/mol. The number of likely N-dealkylation sites (N-methyl/N-ethyl adjacent to an activating group) is 1. The van der Waals surface area contributed by atoms with E-state index in [0.29, 0.717) is 10.7 Å². The number of piperidine rings is 1. The molecule has 0 aromatic heterocycles. The maximum absolute atomic E-state index is 11.9. The lowest BCUT2D eigenvalue weighted by Gasteiger charge is -2.36. The van der Waals surface area contributed by atoms with Gasteiger partial charge in [0.05, 0.1) is 10.7 Å². The summed E-state index contributed by atoms with van der Waals surface area (Å²) in [4.78, 5) is 14.0. The number of carbonyl (C=O) groups excluding carboxylic acids is 1. The van der Waals surface area contributed by atoms with Crippen LogP contribution < -0.4 is 16.0 Å². The highest BCUT2D eigenvalue weighted by molar-refractivity contribution is 6.33. The quantitative estimate of drug-likeness (QED) is 0.806. The van der Waals surface area contributed by atoms with Crippen molar-refractivity contribution in [2.45, 2.75) is 25.3 Å². The molecule has 0 bridgehead atoms. The smallest absolute Gasteiger partial charge is 0.242 e. The summed E-state index contributed by atoms with van der Waals surface area (Å²) in [5.41, 5.74) is 7.22. The van der Waals surface area contributed by atoms with Crippen LogP contribution in [0.5, 0.6) is 0 Å². The zero-order valence-corrected chi connectivity index (χ0v) is 11.2. The van der Waals surface area contributed by atoms with Gasteiger partial charge in [0.2, 0.25) is 5.91 Å². The molecule has 0 aliphatic carbocycles. The first-order chi connectivity index (χ1) is 8.63. The van der Waals surface area contributed by atoms with Crippen LogP contribution in [0.25, 0.3) is 0 Å². The van der Waals surface area contributed by atoms with E-state index in [9.17, 15) is 4.79 Å². The Morgan fingerprint density at radius 2 is 2.28 bits per heavy atom. The van der Waals surface area contributed by atoms with Crippen molar-refractivity contribution >= 4 is 28.9 Å². The number of hydrogen-bond donors (Lipinski definition) is 2. The van der Waals surface area contributed by atoms with Crippen LogP contribution in [0.3, 0.4) is 0 Å². The molecule has 1 amide bonds. The molecule has 0 spiro atoms. The van der Waals surface area contributed by atoms with E-state index >= 15 is 0 Å². The van der Waals surface area contributed by atoms with Gasteiger partial charge in [0.1, 0.15) is 6.04 Å². The summed E-state index contributed by atoms with van der Waals surface area (Å²) >= 11 is 6.22. The van der Waals surface area contributed by atoms with Crippen molar-refractivity contribution in [1.29, 1.82) is 0 Å². The molecule has 1 aliphatic heterocycles. The molecule has 1 saturated heterocycles. The monoisotopic (exact) mass is 267 g/mol. The molecule has 1 unspecified atom stereocenters. The van der Waals surface area contributed by atoms with E-state index in [0.717, 1.165) is 31.5 Å². The van der Waals surface area contributed by atoms with Gasteiger partial charge in [-0.3, -0.25) is 4.79 Å². The van der Waals surface area contributed by atoms with E-state index in [4.69, 9.17) is 17.3 Å². The number of nitrogens with zero attached hydrogens (tertiary/aromatic N) is 1. The summed E-state index contributed by atoms with van der Waals surface area (Å²) < 4.78 is 0. The minimum atomic E-state index is -0.134. The molecule has 2 rings (SSSR count). The van der Waals surface area contributed by atoms with Crippen LogP contribution in [0.4, 0.5) is 11.4 Å². The molecule has 1 heterocycles. The number of anilines is 2. The number of rotatable bonds is 2. The molecular formula is C13H18ClN3O. The Labute approximate surface area is 112 Å². The summed E-state index contributed by atoms with van der Waals surface area (Å²) in [6, 6.07) is 5.30. The molecule has 1 atom stereocenters. The Balaban J connectivity index is 2.30. The fraction of sp³-hybridized carbons (Fsp3) is 0.462. The number of nitrogen functional groups attached to an aromatic ring is 1. The third-order valence-electron chi connectivity index (χ3n) is 3.33. The number of carbonyl (C=O) groups is 1. The molecule has 4 nitrogen and oxygen atoms in total. The van der Waals surface area contributed by atoms with Gasteiger partial charge >= 0.3 is 0 Å². The number of amides is 1. The molecule has 1 aromatic rings. The largest absolute Gasteiger partial charge is 0.399 e. The third-order valence-corrected chi connectivity index (χ3v) is 3.64. The summed E-state index contributed by atoms with van der Waals surface area (Å²) in [6.45, 7) is 0.849. The van der Waals surface area contributed by atoms with Gasteiger partial charge < -0.3 is 16.0 Å². The number of nitrogens with two attached hydrogens (primary N) is 1. The van der Waals surface area contributed by atoms with Gasteiger partial charge in [0.15, 0.2) is 0 Å². The molecular weight excluding hydrogens is 250 g/mol. The van der Waals surface area contributed by atoms with Crippen molar-refractivity contribution in [3.05, 3.63) is 23.2 Å². The molecule has 0 saturated carbocycles. The van der Waals surface area contributed by atoms with Crippen molar-refractivity contribution in [3.63, 3.8) is 0 Å². The maximum Gasteiger partial charge on any atom is 0.242 e. The number of halogens is 1. The minimum Gasteiger partial charge on any atom is -0.399 e. The Morgan fingerprint density at radius 3 is 2.94 bits per heavy atom. The molecule has 3 N–H and O–H groups in total. The van der Waals surface area contributed by atoms with E-state index in [-0.39, 0.29) is 11.9 Å². The lowest BCUT2D eigenvalue weighted by Crippen LogP contribution is -2.49. The van der Waals surface area contributed by atoms with Gasteiger partial charge in [0, 0.05) is 19.3 Å². The van der Waals surface area contributed by atoms with Crippen LogP contribution in [-0.2, 0) is 4.79 Å². The number of benzene rings is 1. The fourth-order valence-electron chi connectivity index (χ4n) is 2.42. The first kappa shape index (κ1) is 13.0. The van der Waals surface area contributed by atoms with E-state index < -0.39 is 0 Å². The Hall–Kier alpha value is -1.42. The van der Waals surface area contributed by atoms with Crippen molar-refractivity contribution in [3.8, 4) is 0 Å². The summed E-state index contributed by atoms with van der Waals surface area (Å²) in [6.07, 6.45) is 3.01.